The number of ether oxygens (including phenoxy) is 1. The third-order valence-electron chi connectivity index (χ3n) is 5.84. The number of aliphatic hydroxyl groups is 1. The number of aromatic nitrogens is 2. The molecule has 34 heavy (non-hydrogen) atoms. The largest absolute Gasteiger partial charge is 0.472 e. The Kier molecular flexibility index (Phi) is 8.61. The van der Waals surface area contributed by atoms with Gasteiger partial charge in [0.1, 0.15) is 11.7 Å². The van der Waals surface area contributed by atoms with Crippen molar-refractivity contribution in [3.05, 3.63) is 53.5 Å². The van der Waals surface area contributed by atoms with Crippen LogP contribution in [-0.4, -0.2) is 75.6 Å². The monoisotopic (exact) mass is 464 g/mol. The zero-order valence-corrected chi connectivity index (χ0v) is 20.2. The summed E-state index contributed by atoms with van der Waals surface area (Å²) in [6.07, 6.45) is 6.03. The van der Waals surface area contributed by atoms with Crippen LogP contribution >= 0.6 is 0 Å². The van der Waals surface area contributed by atoms with Gasteiger partial charge in [0.05, 0.1) is 24.8 Å². The molecule has 2 aromatic heterocycles. The van der Waals surface area contributed by atoms with Crippen LogP contribution in [0.2, 0.25) is 0 Å². The average Bonchev–Trinajstić information content (AvgIpc) is 2.86. The second-order valence-corrected chi connectivity index (χ2v) is 8.68. The number of rotatable bonds is 6. The van der Waals surface area contributed by atoms with Crippen LogP contribution < -0.4 is 4.74 Å². The zero-order chi connectivity index (χ0) is 24.7. The molecule has 3 atom stereocenters. The quantitative estimate of drug-likeness (QED) is 0.661. The van der Waals surface area contributed by atoms with Gasteiger partial charge in [-0.05, 0) is 31.5 Å². The van der Waals surface area contributed by atoms with Crippen LogP contribution in [0.4, 0.5) is 0 Å². The van der Waals surface area contributed by atoms with Crippen LogP contribution in [0.5, 0.6) is 5.88 Å². The molecule has 0 aliphatic carbocycles. The smallest absolute Gasteiger partial charge is 0.259 e. The molecule has 2 amide bonds. The highest BCUT2D eigenvalue weighted by Crippen LogP contribution is 2.27. The molecule has 0 radical (unpaired) electrons. The van der Waals surface area contributed by atoms with Crippen LogP contribution in [0.1, 0.15) is 59.9 Å². The van der Waals surface area contributed by atoms with E-state index in [1.807, 2.05) is 6.92 Å². The molecule has 0 spiro atoms. The molecule has 0 aromatic carbocycles. The molecule has 1 aliphatic heterocycles. The molecule has 2 aromatic rings. The molecule has 8 heteroatoms. The van der Waals surface area contributed by atoms with Crippen molar-refractivity contribution in [3.8, 4) is 17.7 Å². The maximum absolute atomic E-state index is 13.4. The average molecular weight is 465 g/mol. The molecule has 0 fully saturated rings. The summed E-state index contributed by atoms with van der Waals surface area (Å²) >= 11 is 0. The lowest BCUT2D eigenvalue weighted by Crippen LogP contribution is -2.50. The Bertz CT molecular complexity index is 1060. The van der Waals surface area contributed by atoms with Crippen molar-refractivity contribution in [3.63, 3.8) is 0 Å². The summed E-state index contributed by atoms with van der Waals surface area (Å²) in [6.45, 7) is 6.32. The maximum atomic E-state index is 13.4. The number of aliphatic hydroxyl groups excluding tert-OH is 1. The van der Waals surface area contributed by atoms with Crippen LogP contribution in [0.3, 0.4) is 0 Å². The van der Waals surface area contributed by atoms with Gasteiger partial charge >= 0.3 is 0 Å². The molecule has 0 unspecified atom stereocenters. The Labute approximate surface area is 201 Å². The summed E-state index contributed by atoms with van der Waals surface area (Å²) in [5.41, 5.74) is 1.43. The number of likely N-dealkylation sites (N-methyl/N-ethyl adjacent to an activating group) is 1. The van der Waals surface area contributed by atoms with Crippen molar-refractivity contribution >= 4 is 11.8 Å². The summed E-state index contributed by atoms with van der Waals surface area (Å²) in [5.74, 6) is 5.78. The number of hydrogen-bond donors (Lipinski definition) is 1. The second kappa shape index (κ2) is 11.6. The predicted molar refractivity (Wildman–Crippen MR) is 128 cm³/mol. The Morgan fingerprint density at radius 1 is 1.41 bits per heavy atom. The Hall–Kier alpha value is -3.44. The van der Waals surface area contributed by atoms with Gasteiger partial charge in [-0.3, -0.25) is 14.6 Å². The molecule has 0 saturated heterocycles. The maximum Gasteiger partial charge on any atom is 0.259 e. The number of amides is 2. The van der Waals surface area contributed by atoms with E-state index in [0.717, 1.165) is 12.8 Å². The molecular formula is C26H32N4O4. The van der Waals surface area contributed by atoms with Crippen molar-refractivity contribution in [1.82, 2.24) is 19.8 Å². The first-order valence-electron chi connectivity index (χ1n) is 11.6. The van der Waals surface area contributed by atoms with E-state index in [2.05, 4.69) is 28.7 Å². The van der Waals surface area contributed by atoms with E-state index in [4.69, 9.17) is 4.74 Å². The topological polar surface area (TPSA) is 95.9 Å². The number of carbonyl (C=O) groups excluding carboxylic acids is 2. The van der Waals surface area contributed by atoms with Crippen molar-refractivity contribution < 1.29 is 19.4 Å². The summed E-state index contributed by atoms with van der Waals surface area (Å²) in [7, 11) is 1.71. The Morgan fingerprint density at radius 3 is 2.88 bits per heavy atom. The van der Waals surface area contributed by atoms with Crippen LogP contribution in [0.25, 0.3) is 0 Å². The summed E-state index contributed by atoms with van der Waals surface area (Å²) in [5, 5.41) is 9.79. The number of nitrogens with zero attached hydrogens (tertiary/aromatic N) is 4. The minimum Gasteiger partial charge on any atom is -0.472 e. The standard InChI is InChI=1S/C26H32N4O4/c1-5-6-7-9-20-12-22-24(28-13-20)34-23(18(2)15-30(26(22)33)19(3)17-31)16-29(4)25(32)21-10-8-11-27-14-21/h8,10-14,18-19,23,31H,5-6,15-17H2,1-4H3/t18-,19-,23-/m1/s1. The molecule has 3 heterocycles. The zero-order valence-electron chi connectivity index (χ0n) is 20.2. The SMILES string of the molecule is CCCC#Cc1cnc2c(c1)C(=O)N([C@H](C)CO)C[C@@H](C)[C@@H](CN(C)C(=O)c1cccnc1)O2. The van der Waals surface area contributed by atoms with Gasteiger partial charge in [-0.15, -0.1) is 0 Å². The van der Waals surface area contributed by atoms with E-state index in [9.17, 15) is 14.7 Å². The minimum atomic E-state index is -0.421. The molecule has 1 aliphatic rings. The van der Waals surface area contributed by atoms with Gasteiger partial charge in [0.2, 0.25) is 5.88 Å². The van der Waals surface area contributed by atoms with Gasteiger partial charge in [-0.2, -0.15) is 0 Å². The van der Waals surface area contributed by atoms with Crippen molar-refractivity contribution in [2.45, 2.75) is 45.8 Å². The number of unbranched alkanes of at least 4 members (excludes halogenated alkanes) is 1. The van der Waals surface area contributed by atoms with Crippen LogP contribution in [-0.2, 0) is 0 Å². The summed E-state index contributed by atoms with van der Waals surface area (Å²) in [6, 6.07) is 4.75. The molecule has 180 valence electrons. The third-order valence-corrected chi connectivity index (χ3v) is 5.84. The van der Waals surface area contributed by atoms with E-state index in [1.54, 1.807) is 54.4 Å². The molecule has 0 saturated carbocycles. The number of carbonyl (C=O) groups is 2. The second-order valence-electron chi connectivity index (χ2n) is 8.68. The van der Waals surface area contributed by atoms with Crippen molar-refractivity contribution in [2.24, 2.45) is 5.92 Å². The minimum absolute atomic E-state index is 0.124. The molecule has 1 N–H and O–H groups in total. The fourth-order valence-corrected chi connectivity index (χ4v) is 3.74. The molecule has 0 bridgehead atoms. The first-order valence-corrected chi connectivity index (χ1v) is 11.6. The van der Waals surface area contributed by atoms with Gasteiger partial charge in [-0.1, -0.05) is 25.7 Å². The molecular weight excluding hydrogens is 432 g/mol. The highest BCUT2D eigenvalue weighted by atomic mass is 16.5. The molecule has 3 rings (SSSR count). The fourth-order valence-electron chi connectivity index (χ4n) is 3.74. The van der Waals surface area contributed by atoms with E-state index in [-0.39, 0.29) is 36.3 Å². The van der Waals surface area contributed by atoms with Crippen LogP contribution in [0.15, 0.2) is 36.8 Å². The summed E-state index contributed by atoms with van der Waals surface area (Å²) in [4.78, 5) is 38.0. The normalized spacial score (nSPS) is 18.5. The predicted octanol–water partition coefficient (Wildman–Crippen LogP) is 2.62. The first-order chi connectivity index (χ1) is 16.3. The van der Waals surface area contributed by atoms with Gasteiger partial charge in [0.15, 0.2) is 0 Å². The van der Waals surface area contributed by atoms with Gasteiger partial charge in [0, 0.05) is 50.1 Å². The Morgan fingerprint density at radius 2 is 2.21 bits per heavy atom. The van der Waals surface area contributed by atoms with E-state index >= 15 is 0 Å². The van der Waals surface area contributed by atoms with E-state index < -0.39 is 6.10 Å². The third kappa shape index (κ3) is 5.91. The van der Waals surface area contributed by atoms with Crippen molar-refractivity contribution in [2.75, 3.05) is 26.7 Å². The van der Waals surface area contributed by atoms with Crippen LogP contribution in [0, 0.1) is 17.8 Å². The van der Waals surface area contributed by atoms with E-state index in [1.165, 1.54) is 6.20 Å². The summed E-state index contributed by atoms with van der Waals surface area (Å²) < 4.78 is 6.24. The van der Waals surface area contributed by atoms with Crippen molar-refractivity contribution in [1.29, 1.82) is 0 Å². The van der Waals surface area contributed by atoms with Gasteiger partial charge in [0.25, 0.3) is 11.8 Å². The van der Waals surface area contributed by atoms with Gasteiger partial charge < -0.3 is 19.6 Å². The van der Waals surface area contributed by atoms with Gasteiger partial charge in [-0.25, -0.2) is 4.98 Å². The molecule has 8 nitrogen and oxygen atoms in total. The van der Waals surface area contributed by atoms with E-state index in [0.29, 0.717) is 29.8 Å². The Balaban J connectivity index is 1.93. The highest BCUT2D eigenvalue weighted by Gasteiger charge is 2.34. The number of fused-ring (bicyclic) bond motifs is 1. The lowest BCUT2D eigenvalue weighted by molar-refractivity contribution is 0.0313. The highest BCUT2D eigenvalue weighted by molar-refractivity contribution is 5.97. The fraction of sp³-hybridized carbons (Fsp3) is 0.462. The number of hydrogen-bond acceptors (Lipinski definition) is 6. The lowest BCUT2D eigenvalue weighted by Gasteiger charge is -2.37. The number of pyridine rings is 2. The lowest BCUT2D eigenvalue weighted by atomic mass is 9.99. The first kappa shape index (κ1) is 25.2.